The monoisotopic (exact) mass is 643 g/mol. The number of hydrogen-bond acceptors (Lipinski definition) is 6. The number of rotatable bonds is 11. The topological polar surface area (TPSA) is 105 Å². The highest BCUT2D eigenvalue weighted by atomic mass is 79.9. The molecule has 2 atom stereocenters. The number of fused-ring (bicyclic) bond motifs is 1. The maximum atomic E-state index is 14.0. The largest absolute Gasteiger partial charge is 0.486 e. The molecule has 218 valence electrons. The van der Waals surface area contributed by atoms with Gasteiger partial charge in [-0.2, -0.15) is 0 Å². The summed E-state index contributed by atoms with van der Waals surface area (Å²) in [5.74, 6) is 0.0359. The summed E-state index contributed by atoms with van der Waals surface area (Å²) >= 11 is 3.42. The number of benzene rings is 3. The van der Waals surface area contributed by atoms with Gasteiger partial charge < -0.3 is 19.7 Å². The number of nitrogens with one attached hydrogen (secondary N) is 1. The second-order valence-electron chi connectivity index (χ2n) is 9.79. The van der Waals surface area contributed by atoms with Gasteiger partial charge in [-0.1, -0.05) is 53.2 Å². The number of hydrogen-bond donors (Lipinski definition) is 1. The van der Waals surface area contributed by atoms with Crippen LogP contribution in [-0.4, -0.2) is 57.0 Å². The SMILES string of the molecule is CC[C@@H](C)NC(=O)[C@H](C)N(Cc1ccc(Br)cc1)C(=O)CN(c1ccc2c(c1)OCCO2)S(=O)(=O)c1ccccc1. The molecule has 0 unspecified atom stereocenters. The Morgan fingerprint density at radius 2 is 1.61 bits per heavy atom. The van der Waals surface area contributed by atoms with Crippen LogP contribution in [0.5, 0.6) is 11.5 Å². The molecule has 2 amide bonds. The number of carbonyl (C=O) groups excluding carboxylic acids is 2. The van der Waals surface area contributed by atoms with Gasteiger partial charge in [-0.25, -0.2) is 8.42 Å². The molecule has 1 N–H and O–H groups in total. The Morgan fingerprint density at radius 3 is 2.27 bits per heavy atom. The Kier molecular flexibility index (Phi) is 9.93. The number of carbonyl (C=O) groups is 2. The van der Waals surface area contributed by atoms with Crippen LogP contribution >= 0.6 is 15.9 Å². The van der Waals surface area contributed by atoms with Crippen LogP contribution < -0.4 is 19.1 Å². The van der Waals surface area contributed by atoms with Crippen molar-refractivity contribution in [3.63, 3.8) is 0 Å². The zero-order valence-corrected chi connectivity index (χ0v) is 25.7. The first-order chi connectivity index (χ1) is 19.6. The Labute approximate surface area is 249 Å². The minimum absolute atomic E-state index is 0.0321. The molecule has 1 aliphatic rings. The van der Waals surface area contributed by atoms with E-state index in [0.29, 0.717) is 24.7 Å². The standard InChI is InChI=1S/C30H34BrN3O6S/c1-4-21(2)32-30(36)22(3)33(19-23-10-12-24(31)13-11-23)29(35)20-34(41(37,38)26-8-6-5-7-9-26)25-14-15-27-28(18-25)40-17-16-39-27/h5-15,18,21-22H,4,16-17,19-20H2,1-3H3,(H,32,36)/t21-,22+/m1/s1. The molecular weight excluding hydrogens is 610 g/mol. The Balaban J connectivity index is 1.72. The molecule has 4 rings (SSSR count). The van der Waals surface area contributed by atoms with Crippen molar-refractivity contribution in [1.82, 2.24) is 10.2 Å². The lowest BCUT2D eigenvalue weighted by Crippen LogP contribution is -2.52. The van der Waals surface area contributed by atoms with E-state index in [1.807, 2.05) is 38.1 Å². The average molecular weight is 645 g/mol. The molecule has 0 bridgehead atoms. The number of nitrogens with zero attached hydrogens (tertiary/aromatic N) is 2. The van der Waals surface area contributed by atoms with Crippen LogP contribution in [0.2, 0.25) is 0 Å². The van der Waals surface area contributed by atoms with Gasteiger partial charge in [-0.3, -0.25) is 13.9 Å². The van der Waals surface area contributed by atoms with Crippen LogP contribution in [0.1, 0.15) is 32.8 Å². The Hall–Kier alpha value is -3.57. The van der Waals surface area contributed by atoms with Crippen molar-refractivity contribution in [3.8, 4) is 11.5 Å². The molecule has 41 heavy (non-hydrogen) atoms. The number of amides is 2. The van der Waals surface area contributed by atoms with Gasteiger partial charge in [0.25, 0.3) is 10.0 Å². The van der Waals surface area contributed by atoms with E-state index >= 15 is 0 Å². The molecule has 0 fully saturated rings. The van der Waals surface area contributed by atoms with E-state index in [2.05, 4.69) is 21.2 Å². The van der Waals surface area contributed by atoms with E-state index in [4.69, 9.17) is 9.47 Å². The third-order valence-corrected chi connectivity index (χ3v) is 9.18. The molecule has 1 aliphatic heterocycles. The Bertz CT molecular complexity index is 1470. The number of anilines is 1. The fraction of sp³-hybridized carbons (Fsp3) is 0.333. The summed E-state index contributed by atoms with van der Waals surface area (Å²) < 4.78 is 41.1. The normalized spacial score (nSPS) is 14.0. The van der Waals surface area contributed by atoms with Gasteiger partial charge in [0.2, 0.25) is 11.8 Å². The molecule has 0 aromatic heterocycles. The first-order valence-corrected chi connectivity index (χ1v) is 15.6. The molecule has 0 radical (unpaired) electrons. The number of sulfonamides is 1. The summed E-state index contributed by atoms with van der Waals surface area (Å²) in [6.45, 7) is 5.79. The molecule has 0 spiro atoms. The molecule has 3 aromatic rings. The summed E-state index contributed by atoms with van der Waals surface area (Å²) in [4.78, 5) is 28.6. The fourth-order valence-corrected chi connectivity index (χ4v) is 5.96. The minimum Gasteiger partial charge on any atom is -0.486 e. The second kappa shape index (κ2) is 13.4. The summed E-state index contributed by atoms with van der Waals surface area (Å²) in [5, 5.41) is 2.93. The summed E-state index contributed by atoms with van der Waals surface area (Å²) in [7, 11) is -4.17. The predicted molar refractivity (Wildman–Crippen MR) is 160 cm³/mol. The van der Waals surface area contributed by atoms with Crippen LogP contribution in [0.25, 0.3) is 0 Å². The smallest absolute Gasteiger partial charge is 0.264 e. The van der Waals surface area contributed by atoms with Gasteiger partial charge in [0.1, 0.15) is 25.8 Å². The maximum absolute atomic E-state index is 14.0. The maximum Gasteiger partial charge on any atom is 0.264 e. The summed E-state index contributed by atoms with van der Waals surface area (Å²) in [6, 6.07) is 19.1. The molecule has 3 aromatic carbocycles. The van der Waals surface area contributed by atoms with Crippen LogP contribution in [0.4, 0.5) is 5.69 Å². The van der Waals surface area contributed by atoms with E-state index in [1.165, 1.54) is 17.0 Å². The van der Waals surface area contributed by atoms with Crippen molar-refractivity contribution < 1.29 is 27.5 Å². The van der Waals surface area contributed by atoms with Crippen LogP contribution in [0.3, 0.4) is 0 Å². The van der Waals surface area contributed by atoms with E-state index in [0.717, 1.165) is 20.8 Å². The molecule has 0 saturated heterocycles. The molecule has 0 aliphatic carbocycles. The van der Waals surface area contributed by atoms with Crippen molar-refractivity contribution in [2.45, 2.75) is 50.7 Å². The van der Waals surface area contributed by atoms with Crippen molar-refractivity contribution in [2.24, 2.45) is 0 Å². The van der Waals surface area contributed by atoms with Crippen molar-refractivity contribution >= 4 is 43.5 Å². The third-order valence-electron chi connectivity index (χ3n) is 6.86. The highest BCUT2D eigenvalue weighted by Crippen LogP contribution is 2.36. The van der Waals surface area contributed by atoms with Gasteiger partial charge in [-0.05, 0) is 62.2 Å². The highest BCUT2D eigenvalue weighted by molar-refractivity contribution is 9.10. The van der Waals surface area contributed by atoms with Crippen molar-refractivity contribution in [1.29, 1.82) is 0 Å². The lowest BCUT2D eigenvalue weighted by molar-refractivity contribution is -0.139. The zero-order valence-electron chi connectivity index (χ0n) is 23.2. The first kappa shape index (κ1) is 30.4. The van der Waals surface area contributed by atoms with Crippen LogP contribution in [0.15, 0.2) is 82.2 Å². The van der Waals surface area contributed by atoms with Crippen LogP contribution in [0, 0.1) is 0 Å². The van der Waals surface area contributed by atoms with E-state index in [1.54, 1.807) is 43.3 Å². The quantitative estimate of drug-likeness (QED) is 0.323. The lowest BCUT2D eigenvalue weighted by Gasteiger charge is -2.32. The zero-order chi connectivity index (χ0) is 29.6. The number of halogens is 1. The van der Waals surface area contributed by atoms with Gasteiger partial charge >= 0.3 is 0 Å². The van der Waals surface area contributed by atoms with Crippen molar-refractivity contribution in [2.75, 3.05) is 24.1 Å². The van der Waals surface area contributed by atoms with Gasteiger partial charge in [0, 0.05) is 23.1 Å². The Morgan fingerprint density at radius 1 is 0.951 bits per heavy atom. The van der Waals surface area contributed by atoms with E-state index in [-0.39, 0.29) is 29.1 Å². The van der Waals surface area contributed by atoms with Gasteiger partial charge in [0.05, 0.1) is 10.6 Å². The third kappa shape index (κ3) is 7.39. The van der Waals surface area contributed by atoms with Crippen LogP contribution in [-0.2, 0) is 26.2 Å². The first-order valence-electron chi connectivity index (χ1n) is 13.4. The lowest BCUT2D eigenvalue weighted by atomic mass is 10.1. The summed E-state index contributed by atoms with van der Waals surface area (Å²) in [5.41, 5.74) is 1.04. The van der Waals surface area contributed by atoms with Crippen molar-refractivity contribution in [3.05, 3.63) is 82.8 Å². The van der Waals surface area contributed by atoms with E-state index in [9.17, 15) is 18.0 Å². The second-order valence-corrected chi connectivity index (χ2v) is 12.6. The average Bonchev–Trinajstić information content (AvgIpc) is 2.99. The number of ether oxygens (including phenoxy) is 2. The van der Waals surface area contributed by atoms with E-state index < -0.39 is 28.5 Å². The fourth-order valence-electron chi connectivity index (χ4n) is 4.27. The minimum atomic E-state index is -4.17. The van der Waals surface area contributed by atoms with Gasteiger partial charge in [0.15, 0.2) is 11.5 Å². The highest BCUT2D eigenvalue weighted by Gasteiger charge is 2.33. The molecule has 1 heterocycles. The molecule has 9 nitrogen and oxygen atoms in total. The predicted octanol–water partition coefficient (Wildman–Crippen LogP) is 4.75. The molecule has 11 heteroatoms. The van der Waals surface area contributed by atoms with Gasteiger partial charge in [-0.15, -0.1) is 0 Å². The molecule has 0 saturated carbocycles. The summed E-state index contributed by atoms with van der Waals surface area (Å²) in [6.07, 6.45) is 0.729. The molecular formula is C30H34BrN3O6S.